The van der Waals surface area contributed by atoms with Gasteiger partial charge in [-0.25, -0.2) is 17.9 Å². The Labute approximate surface area is 120 Å². The molecule has 1 atom stereocenters. The third-order valence-corrected chi connectivity index (χ3v) is 4.28. The smallest absolute Gasteiger partial charge is 0.337 e. The van der Waals surface area contributed by atoms with E-state index in [2.05, 4.69) is 4.72 Å². The van der Waals surface area contributed by atoms with Crippen LogP contribution < -0.4 is 4.72 Å². The second-order valence-electron chi connectivity index (χ2n) is 3.77. The number of sulfonamides is 1. The lowest BCUT2D eigenvalue weighted by Crippen LogP contribution is -2.31. The Bertz CT molecular complexity index is 600. The highest BCUT2D eigenvalue weighted by molar-refractivity contribution is 7.89. The number of aliphatic hydroxyl groups excluding tert-OH is 1. The normalized spacial score (nSPS) is 13.3. The monoisotopic (exact) mass is 327 g/mol. The largest absolute Gasteiger partial charge is 0.478 e. The number of aliphatic hydroxyl groups is 1. The molecule has 0 heterocycles. The van der Waals surface area contributed by atoms with Gasteiger partial charge < -0.3 is 10.2 Å². The lowest BCUT2D eigenvalue weighted by atomic mass is 10.2. The summed E-state index contributed by atoms with van der Waals surface area (Å²) in [7, 11) is -4.05. The quantitative estimate of drug-likeness (QED) is 0.757. The highest BCUT2D eigenvalue weighted by Crippen LogP contribution is 2.29. The van der Waals surface area contributed by atoms with Gasteiger partial charge in [0.25, 0.3) is 0 Å². The molecular weight excluding hydrogens is 317 g/mol. The number of halogens is 2. The number of benzene rings is 1. The van der Waals surface area contributed by atoms with E-state index in [9.17, 15) is 13.2 Å². The first-order valence-electron chi connectivity index (χ1n) is 5.05. The number of aromatic carboxylic acids is 1. The molecule has 0 spiro atoms. The predicted molar refractivity (Wildman–Crippen MR) is 70.3 cm³/mol. The van der Waals surface area contributed by atoms with Crippen molar-refractivity contribution in [3.8, 4) is 0 Å². The molecule has 0 amide bonds. The van der Waals surface area contributed by atoms with Gasteiger partial charge in [-0.2, -0.15) is 0 Å². The molecule has 0 aromatic heterocycles. The van der Waals surface area contributed by atoms with E-state index in [1.807, 2.05) is 0 Å². The van der Waals surface area contributed by atoms with Gasteiger partial charge in [-0.05, 0) is 19.1 Å². The molecule has 0 aliphatic rings. The van der Waals surface area contributed by atoms with Crippen LogP contribution in [0, 0.1) is 0 Å². The number of rotatable bonds is 5. The molecular formula is C10H11Cl2NO5S. The van der Waals surface area contributed by atoms with Crippen molar-refractivity contribution in [3.63, 3.8) is 0 Å². The zero-order valence-electron chi connectivity index (χ0n) is 9.72. The fourth-order valence-electron chi connectivity index (χ4n) is 1.22. The first kappa shape index (κ1) is 16.2. The van der Waals surface area contributed by atoms with E-state index < -0.39 is 37.6 Å². The zero-order valence-corrected chi connectivity index (χ0v) is 12.1. The molecule has 19 heavy (non-hydrogen) atoms. The van der Waals surface area contributed by atoms with E-state index in [0.717, 1.165) is 12.1 Å². The van der Waals surface area contributed by atoms with Gasteiger partial charge in [-0.1, -0.05) is 23.2 Å². The van der Waals surface area contributed by atoms with Crippen LogP contribution in [-0.4, -0.2) is 37.2 Å². The number of hydrogen-bond donors (Lipinski definition) is 3. The van der Waals surface area contributed by atoms with Gasteiger partial charge in [0.2, 0.25) is 10.0 Å². The van der Waals surface area contributed by atoms with Crippen molar-refractivity contribution in [2.24, 2.45) is 0 Å². The van der Waals surface area contributed by atoms with Gasteiger partial charge in [0.15, 0.2) is 0 Å². The van der Waals surface area contributed by atoms with Crippen LogP contribution in [0.1, 0.15) is 17.3 Å². The van der Waals surface area contributed by atoms with Crippen molar-refractivity contribution in [2.75, 3.05) is 6.54 Å². The van der Waals surface area contributed by atoms with Crippen molar-refractivity contribution >= 4 is 39.2 Å². The summed E-state index contributed by atoms with van der Waals surface area (Å²) in [6.07, 6.45) is -0.897. The van der Waals surface area contributed by atoms with Crippen molar-refractivity contribution < 1.29 is 23.4 Å². The number of hydrogen-bond acceptors (Lipinski definition) is 4. The molecule has 0 fully saturated rings. The lowest BCUT2D eigenvalue weighted by molar-refractivity contribution is 0.0697. The van der Waals surface area contributed by atoms with Gasteiger partial charge >= 0.3 is 5.97 Å². The van der Waals surface area contributed by atoms with E-state index in [-0.39, 0.29) is 11.6 Å². The van der Waals surface area contributed by atoms with Crippen LogP contribution >= 0.6 is 23.2 Å². The van der Waals surface area contributed by atoms with Gasteiger partial charge in [-0.15, -0.1) is 0 Å². The minimum atomic E-state index is -4.05. The molecule has 0 saturated heterocycles. The van der Waals surface area contributed by atoms with E-state index in [4.69, 9.17) is 33.4 Å². The molecule has 0 aliphatic carbocycles. The third kappa shape index (κ3) is 4.05. The second-order valence-corrected chi connectivity index (χ2v) is 6.32. The average Bonchev–Trinajstić information content (AvgIpc) is 2.28. The molecule has 9 heteroatoms. The van der Waals surface area contributed by atoms with Crippen molar-refractivity contribution in [3.05, 3.63) is 27.7 Å². The maximum Gasteiger partial charge on any atom is 0.337 e. The maximum atomic E-state index is 11.9. The number of carboxylic acid groups (broad SMARTS) is 1. The summed E-state index contributed by atoms with van der Waals surface area (Å²) in [6, 6.07) is 2.10. The minimum absolute atomic E-state index is 0.0702. The molecule has 6 nitrogen and oxygen atoms in total. The molecule has 0 unspecified atom stereocenters. The van der Waals surface area contributed by atoms with Crippen LogP contribution in [-0.2, 0) is 10.0 Å². The van der Waals surface area contributed by atoms with Crippen molar-refractivity contribution in [1.29, 1.82) is 0 Å². The van der Waals surface area contributed by atoms with Gasteiger partial charge in [-0.3, -0.25) is 0 Å². The summed E-state index contributed by atoms with van der Waals surface area (Å²) in [6.45, 7) is 1.17. The van der Waals surface area contributed by atoms with Gasteiger partial charge in [0.05, 0.1) is 16.7 Å². The molecule has 0 bridgehead atoms. The Balaban J connectivity index is 3.31. The molecule has 0 radical (unpaired) electrons. The molecule has 1 rings (SSSR count). The highest BCUT2D eigenvalue weighted by atomic mass is 35.5. The summed E-state index contributed by atoms with van der Waals surface area (Å²) in [5.41, 5.74) is -0.411. The number of carbonyl (C=O) groups is 1. The Morgan fingerprint density at radius 1 is 1.42 bits per heavy atom. The van der Waals surface area contributed by atoms with Gasteiger partial charge in [0.1, 0.15) is 4.90 Å². The third-order valence-electron chi connectivity index (χ3n) is 2.09. The Hall–Kier alpha value is -0.860. The number of carboxylic acids is 1. The lowest BCUT2D eigenvalue weighted by Gasteiger charge is -2.11. The topological polar surface area (TPSA) is 104 Å². The van der Waals surface area contributed by atoms with Crippen LogP contribution in [0.2, 0.25) is 10.0 Å². The van der Waals surface area contributed by atoms with Gasteiger partial charge in [0, 0.05) is 11.6 Å². The first-order chi connectivity index (χ1) is 8.65. The van der Waals surface area contributed by atoms with Crippen LogP contribution in [0.5, 0.6) is 0 Å². The average molecular weight is 328 g/mol. The van der Waals surface area contributed by atoms with Crippen LogP contribution in [0.3, 0.4) is 0 Å². The fraction of sp³-hybridized carbons (Fsp3) is 0.300. The van der Waals surface area contributed by atoms with Crippen LogP contribution in [0.25, 0.3) is 0 Å². The summed E-state index contributed by atoms with van der Waals surface area (Å²) < 4.78 is 25.9. The predicted octanol–water partition coefficient (Wildman–Crippen LogP) is 1.35. The molecule has 106 valence electrons. The first-order valence-corrected chi connectivity index (χ1v) is 7.29. The second kappa shape index (κ2) is 6.06. The minimum Gasteiger partial charge on any atom is -0.478 e. The van der Waals surface area contributed by atoms with E-state index in [0.29, 0.717) is 0 Å². The SMILES string of the molecule is C[C@H](O)CNS(=O)(=O)c1cc(Cl)cc(C(=O)O)c1Cl. The van der Waals surface area contributed by atoms with E-state index in [1.54, 1.807) is 0 Å². The van der Waals surface area contributed by atoms with E-state index >= 15 is 0 Å². The highest BCUT2D eigenvalue weighted by Gasteiger charge is 2.23. The molecule has 3 N–H and O–H groups in total. The van der Waals surface area contributed by atoms with Crippen LogP contribution in [0.15, 0.2) is 17.0 Å². The number of nitrogens with one attached hydrogen (secondary N) is 1. The summed E-state index contributed by atoms with van der Waals surface area (Å²) in [5.74, 6) is -1.39. The Morgan fingerprint density at radius 3 is 2.47 bits per heavy atom. The van der Waals surface area contributed by atoms with Crippen LogP contribution in [0.4, 0.5) is 0 Å². The molecule has 1 aromatic rings. The summed E-state index contributed by atoms with van der Waals surface area (Å²) in [4.78, 5) is 10.5. The standard InChI is InChI=1S/C10H11Cl2NO5S/c1-5(14)4-13-19(17,18)8-3-6(11)2-7(9(8)12)10(15)16/h2-3,5,13-14H,4H2,1H3,(H,15,16)/t5-/m0/s1. The molecule has 0 saturated carbocycles. The Morgan fingerprint density at radius 2 is 2.00 bits per heavy atom. The van der Waals surface area contributed by atoms with E-state index in [1.165, 1.54) is 6.92 Å². The van der Waals surface area contributed by atoms with Crippen molar-refractivity contribution in [2.45, 2.75) is 17.9 Å². The Kier molecular flexibility index (Phi) is 5.17. The van der Waals surface area contributed by atoms with Crippen molar-refractivity contribution in [1.82, 2.24) is 4.72 Å². The molecule has 1 aromatic carbocycles. The fourth-order valence-corrected chi connectivity index (χ4v) is 3.25. The summed E-state index contributed by atoms with van der Waals surface area (Å²) in [5, 5.41) is 17.4. The summed E-state index contributed by atoms with van der Waals surface area (Å²) >= 11 is 11.4. The molecule has 0 aliphatic heterocycles. The zero-order chi connectivity index (χ0) is 14.8. The maximum absolute atomic E-state index is 11.9.